The number of halogens is 2. The van der Waals surface area contributed by atoms with Crippen molar-refractivity contribution in [1.82, 2.24) is 0 Å². The predicted octanol–water partition coefficient (Wildman–Crippen LogP) is 3.50. The number of allylic oxidation sites excluding steroid dienone is 8. The van der Waals surface area contributed by atoms with Crippen LogP contribution in [0.15, 0.2) is 44.4 Å². The summed E-state index contributed by atoms with van der Waals surface area (Å²) in [7, 11) is 0. The average Bonchev–Trinajstić information content (AvgIpc) is 2.35. The van der Waals surface area contributed by atoms with E-state index in [9.17, 15) is 0 Å². The number of hydrogen-bond donors (Lipinski definition) is 4. The molecule has 90 valence electrons. The maximum atomic E-state index is 7.92. The molecule has 0 aromatic rings. The molecule has 2 aliphatic rings. The molecule has 0 radical (unpaired) electrons. The van der Waals surface area contributed by atoms with Crippen LogP contribution >= 0.6 is 31.9 Å². The minimum absolute atomic E-state index is 0.0552. The first kappa shape index (κ1) is 13.0. The molecule has 2 rings (SSSR count). The monoisotopic (exact) mass is 366 g/mol. The lowest BCUT2D eigenvalue weighted by Crippen LogP contribution is -2.26. The predicted molar refractivity (Wildman–Crippen MR) is 81.1 cm³/mol. The Morgan fingerprint density at radius 3 is 1.22 bits per heavy atom. The molecular weight excluding hydrogens is 360 g/mol. The summed E-state index contributed by atoms with van der Waals surface area (Å²) in [5.41, 5.74) is 1.27. The molecule has 18 heavy (non-hydrogen) atoms. The van der Waals surface area contributed by atoms with Crippen molar-refractivity contribution in [3.63, 3.8) is 0 Å². The molecule has 0 amide bonds. The van der Waals surface area contributed by atoms with Crippen LogP contribution in [0.3, 0.4) is 0 Å². The van der Waals surface area contributed by atoms with Gasteiger partial charge in [-0.05, 0) is 44.0 Å². The van der Waals surface area contributed by atoms with Crippen LogP contribution in [0.4, 0.5) is 0 Å². The molecule has 2 aliphatic carbocycles. The van der Waals surface area contributed by atoms with Crippen LogP contribution in [0.2, 0.25) is 0 Å². The van der Waals surface area contributed by atoms with E-state index in [0.29, 0.717) is 20.1 Å². The van der Waals surface area contributed by atoms with Crippen LogP contribution in [0.25, 0.3) is 0 Å². The van der Waals surface area contributed by atoms with Gasteiger partial charge < -0.3 is 0 Å². The molecule has 0 aliphatic heterocycles. The van der Waals surface area contributed by atoms with Crippen LogP contribution in [0.5, 0.6) is 0 Å². The van der Waals surface area contributed by atoms with Gasteiger partial charge in [-0.25, -0.2) is 0 Å². The van der Waals surface area contributed by atoms with Crippen LogP contribution in [-0.4, -0.2) is 22.8 Å². The van der Waals surface area contributed by atoms with Crippen molar-refractivity contribution < 1.29 is 0 Å². The Bertz CT molecular complexity index is 576. The Balaban J connectivity index is 2.52. The Labute approximate surface area is 120 Å². The van der Waals surface area contributed by atoms with E-state index in [1.807, 2.05) is 0 Å². The first-order chi connectivity index (χ1) is 8.43. The van der Waals surface area contributed by atoms with Gasteiger partial charge in [0, 0.05) is 20.1 Å². The number of nitrogens with one attached hydrogen (secondary N) is 4. The fourth-order valence-electron chi connectivity index (χ4n) is 1.60. The second-order valence-corrected chi connectivity index (χ2v) is 5.40. The fourth-order valence-corrected chi connectivity index (χ4v) is 2.26. The zero-order chi connectivity index (χ0) is 13.4. The summed E-state index contributed by atoms with van der Waals surface area (Å²) >= 11 is 6.40. The summed E-state index contributed by atoms with van der Waals surface area (Å²) < 4.78 is 1.09. The van der Waals surface area contributed by atoms with E-state index in [-0.39, 0.29) is 22.8 Å². The molecule has 6 heteroatoms. The van der Waals surface area contributed by atoms with Crippen molar-refractivity contribution in [2.24, 2.45) is 0 Å². The van der Waals surface area contributed by atoms with Gasteiger partial charge in [-0.15, -0.1) is 0 Å². The second-order valence-electron chi connectivity index (χ2n) is 3.69. The largest absolute Gasteiger partial charge is 0.298 e. The second kappa shape index (κ2) is 4.70. The van der Waals surface area contributed by atoms with Crippen molar-refractivity contribution in [2.75, 3.05) is 0 Å². The molecule has 4 nitrogen and oxygen atoms in total. The summed E-state index contributed by atoms with van der Waals surface area (Å²) in [5, 5.41) is 31.3. The summed E-state index contributed by atoms with van der Waals surface area (Å²) in [6.45, 7) is 0. The Hall–Kier alpha value is -1.40. The van der Waals surface area contributed by atoms with E-state index in [1.54, 1.807) is 24.3 Å². The van der Waals surface area contributed by atoms with Gasteiger partial charge in [0.2, 0.25) is 0 Å². The van der Waals surface area contributed by atoms with E-state index >= 15 is 0 Å². The third-order valence-corrected chi connectivity index (χ3v) is 3.92. The summed E-state index contributed by atoms with van der Waals surface area (Å²) in [6.07, 6.45) is 6.73. The van der Waals surface area contributed by atoms with Crippen LogP contribution < -0.4 is 0 Å². The van der Waals surface area contributed by atoms with E-state index in [4.69, 9.17) is 21.6 Å². The quantitative estimate of drug-likeness (QED) is 0.510. The number of rotatable bonds is 1. The van der Waals surface area contributed by atoms with Gasteiger partial charge in [0.05, 0.1) is 22.8 Å². The third-order valence-electron chi connectivity index (χ3n) is 2.60. The Morgan fingerprint density at radius 1 is 0.556 bits per heavy atom. The highest BCUT2D eigenvalue weighted by Crippen LogP contribution is 2.27. The lowest BCUT2D eigenvalue weighted by atomic mass is 9.87. The van der Waals surface area contributed by atoms with Crippen LogP contribution in [0, 0.1) is 21.6 Å². The van der Waals surface area contributed by atoms with Gasteiger partial charge in [-0.3, -0.25) is 21.6 Å². The molecular formula is C12H8Br2N4. The standard InChI is InChI=1S/C12H8Br2N4/c13-7-3-1-5(9(15)11(7)17)6-2-4-8(14)12(18)10(6)16/h1-4,15-18H. The Kier molecular flexibility index (Phi) is 3.41. The van der Waals surface area contributed by atoms with Gasteiger partial charge >= 0.3 is 0 Å². The fraction of sp³-hybridized carbons (Fsp3) is 0. The maximum absolute atomic E-state index is 7.92. The minimum atomic E-state index is 0.0552. The topological polar surface area (TPSA) is 95.4 Å². The molecule has 0 saturated heterocycles. The van der Waals surface area contributed by atoms with E-state index < -0.39 is 0 Å². The highest BCUT2D eigenvalue weighted by molar-refractivity contribution is 9.12. The minimum Gasteiger partial charge on any atom is -0.298 e. The van der Waals surface area contributed by atoms with Crippen molar-refractivity contribution in [3.05, 3.63) is 44.4 Å². The van der Waals surface area contributed by atoms with Crippen molar-refractivity contribution in [1.29, 1.82) is 21.6 Å². The normalized spacial score (nSPS) is 20.3. The SMILES string of the molecule is N=C1C(=N)C(C2=CC=C(Br)C(=N)C2=N)=CC=C1Br. The van der Waals surface area contributed by atoms with Crippen molar-refractivity contribution in [2.45, 2.75) is 0 Å². The molecule has 4 N–H and O–H groups in total. The molecule has 0 bridgehead atoms. The van der Waals surface area contributed by atoms with Gasteiger partial charge in [0.15, 0.2) is 0 Å². The van der Waals surface area contributed by atoms with E-state index in [1.165, 1.54) is 0 Å². The molecule has 0 unspecified atom stereocenters. The Morgan fingerprint density at radius 2 is 0.889 bits per heavy atom. The summed E-state index contributed by atoms with van der Waals surface area (Å²) in [5.74, 6) is 0. The van der Waals surface area contributed by atoms with Gasteiger partial charge in [0.25, 0.3) is 0 Å². The molecule has 0 heterocycles. The molecule has 0 aromatic carbocycles. The first-order valence-corrected chi connectivity index (χ1v) is 6.54. The third kappa shape index (κ3) is 2.02. The highest BCUT2D eigenvalue weighted by Gasteiger charge is 2.26. The number of hydrogen-bond acceptors (Lipinski definition) is 4. The highest BCUT2D eigenvalue weighted by atomic mass is 79.9. The maximum Gasteiger partial charge on any atom is 0.0937 e. The van der Waals surface area contributed by atoms with Gasteiger partial charge in [0.1, 0.15) is 0 Å². The van der Waals surface area contributed by atoms with E-state index in [2.05, 4.69) is 31.9 Å². The average molecular weight is 368 g/mol. The molecule has 0 aromatic heterocycles. The summed E-state index contributed by atoms with van der Waals surface area (Å²) in [4.78, 5) is 0. The lowest BCUT2D eigenvalue weighted by Gasteiger charge is -2.20. The van der Waals surface area contributed by atoms with Crippen molar-refractivity contribution in [3.8, 4) is 0 Å². The zero-order valence-electron chi connectivity index (χ0n) is 9.07. The molecule has 0 saturated carbocycles. The van der Waals surface area contributed by atoms with Crippen LogP contribution in [-0.2, 0) is 0 Å². The van der Waals surface area contributed by atoms with Gasteiger partial charge in [-0.1, -0.05) is 12.2 Å². The molecule has 0 atom stereocenters. The van der Waals surface area contributed by atoms with E-state index in [0.717, 1.165) is 0 Å². The molecule has 0 spiro atoms. The van der Waals surface area contributed by atoms with Crippen LogP contribution in [0.1, 0.15) is 0 Å². The first-order valence-electron chi connectivity index (χ1n) is 4.95. The van der Waals surface area contributed by atoms with Crippen molar-refractivity contribution >= 4 is 54.7 Å². The molecule has 0 fully saturated rings. The smallest absolute Gasteiger partial charge is 0.0937 e. The lowest BCUT2D eigenvalue weighted by molar-refractivity contribution is 1.42. The summed E-state index contributed by atoms with van der Waals surface area (Å²) in [6, 6.07) is 0. The van der Waals surface area contributed by atoms with Gasteiger partial charge in [-0.2, -0.15) is 0 Å². The zero-order valence-corrected chi connectivity index (χ0v) is 12.2.